The van der Waals surface area contributed by atoms with Crippen molar-refractivity contribution >= 4 is 11.6 Å². The molecule has 3 N–H and O–H groups in total. The summed E-state index contributed by atoms with van der Waals surface area (Å²) in [6.07, 6.45) is 4.56. The van der Waals surface area contributed by atoms with E-state index in [1.54, 1.807) is 0 Å². The topological polar surface area (TPSA) is 58.4 Å². The molecule has 2 rings (SSSR count). The predicted molar refractivity (Wildman–Crippen MR) is 78.0 cm³/mol. The predicted octanol–water partition coefficient (Wildman–Crippen LogP) is 2.01. The first kappa shape index (κ1) is 14.8. The first-order chi connectivity index (χ1) is 9.44. The molecule has 20 heavy (non-hydrogen) atoms. The summed E-state index contributed by atoms with van der Waals surface area (Å²) in [4.78, 5) is 14.3. The lowest BCUT2D eigenvalue weighted by Gasteiger charge is -2.36. The first-order valence-corrected chi connectivity index (χ1v) is 6.95. The van der Waals surface area contributed by atoms with Gasteiger partial charge < -0.3 is 16.0 Å². The summed E-state index contributed by atoms with van der Waals surface area (Å²) in [5.74, 6) is -0.702. The van der Waals surface area contributed by atoms with Gasteiger partial charge in [0.1, 0.15) is 5.82 Å². The molecular formula is C15H22FN3O. The van der Waals surface area contributed by atoms with Crippen LogP contribution in [-0.4, -0.2) is 37.0 Å². The van der Waals surface area contributed by atoms with Crippen LogP contribution in [-0.2, 0) is 0 Å². The molecule has 1 amide bonds. The molecule has 0 spiro atoms. The Kier molecular flexibility index (Phi) is 4.28. The van der Waals surface area contributed by atoms with Crippen molar-refractivity contribution in [2.75, 3.05) is 26.4 Å². The highest BCUT2D eigenvalue weighted by Crippen LogP contribution is 2.33. The average Bonchev–Trinajstić information content (AvgIpc) is 2.89. The second-order valence-corrected chi connectivity index (χ2v) is 5.74. The van der Waals surface area contributed by atoms with Gasteiger partial charge in [-0.25, -0.2) is 4.39 Å². The van der Waals surface area contributed by atoms with Crippen molar-refractivity contribution in [2.45, 2.75) is 31.2 Å². The highest BCUT2D eigenvalue weighted by molar-refractivity contribution is 5.95. The summed E-state index contributed by atoms with van der Waals surface area (Å²) in [5.41, 5.74) is 5.93. The molecule has 0 aromatic heterocycles. The zero-order chi connectivity index (χ0) is 14.8. The van der Waals surface area contributed by atoms with Crippen LogP contribution in [0.4, 0.5) is 10.1 Å². The van der Waals surface area contributed by atoms with Gasteiger partial charge in [-0.15, -0.1) is 0 Å². The van der Waals surface area contributed by atoms with Gasteiger partial charge in [0, 0.05) is 17.6 Å². The lowest BCUT2D eigenvalue weighted by molar-refractivity contribution is 0.0900. The van der Waals surface area contributed by atoms with Gasteiger partial charge in [-0.2, -0.15) is 0 Å². The van der Waals surface area contributed by atoms with Crippen LogP contribution in [0, 0.1) is 5.82 Å². The minimum Gasteiger partial charge on any atom is -0.396 e. The van der Waals surface area contributed by atoms with Crippen molar-refractivity contribution in [3.63, 3.8) is 0 Å². The quantitative estimate of drug-likeness (QED) is 0.829. The van der Waals surface area contributed by atoms with E-state index in [0.717, 1.165) is 12.8 Å². The molecule has 5 heteroatoms. The van der Waals surface area contributed by atoms with Gasteiger partial charge in [-0.1, -0.05) is 12.8 Å². The number of benzene rings is 1. The fourth-order valence-electron chi connectivity index (χ4n) is 2.85. The number of anilines is 1. The number of hydrogen-bond acceptors (Lipinski definition) is 3. The van der Waals surface area contributed by atoms with Gasteiger partial charge in [-0.3, -0.25) is 4.79 Å². The molecule has 1 aromatic rings. The third-order valence-electron chi connectivity index (χ3n) is 4.32. The summed E-state index contributed by atoms with van der Waals surface area (Å²) in [6, 6.07) is 4.06. The number of carbonyl (C=O) groups excluding carboxylic acids is 1. The van der Waals surface area contributed by atoms with Gasteiger partial charge in [0.05, 0.1) is 5.69 Å². The van der Waals surface area contributed by atoms with E-state index in [4.69, 9.17) is 5.73 Å². The second kappa shape index (κ2) is 5.79. The number of likely N-dealkylation sites (N-methyl/N-ethyl adjacent to an activating group) is 1. The number of rotatable bonds is 4. The summed E-state index contributed by atoms with van der Waals surface area (Å²) < 4.78 is 13.1. The van der Waals surface area contributed by atoms with E-state index in [2.05, 4.69) is 10.2 Å². The van der Waals surface area contributed by atoms with Crippen LogP contribution in [0.5, 0.6) is 0 Å². The number of carbonyl (C=O) groups is 1. The van der Waals surface area contributed by atoms with Gasteiger partial charge in [0.2, 0.25) is 0 Å². The maximum Gasteiger partial charge on any atom is 0.251 e. The van der Waals surface area contributed by atoms with Crippen LogP contribution in [0.2, 0.25) is 0 Å². The van der Waals surface area contributed by atoms with Gasteiger partial charge in [0.15, 0.2) is 0 Å². The average molecular weight is 279 g/mol. The molecule has 0 aliphatic heterocycles. The lowest BCUT2D eigenvalue weighted by Crippen LogP contribution is -2.50. The van der Waals surface area contributed by atoms with Crippen LogP contribution in [0.25, 0.3) is 0 Å². The van der Waals surface area contributed by atoms with Crippen molar-refractivity contribution in [2.24, 2.45) is 0 Å². The van der Waals surface area contributed by atoms with E-state index < -0.39 is 5.82 Å². The monoisotopic (exact) mass is 279 g/mol. The molecule has 1 fully saturated rings. The molecule has 0 atom stereocenters. The maximum atomic E-state index is 13.1. The number of nitrogens with two attached hydrogens (primary N) is 1. The normalized spacial score (nSPS) is 17.4. The SMILES string of the molecule is CN(C)C1(CNC(=O)c2ccc(F)c(N)c2)CCCC1. The smallest absolute Gasteiger partial charge is 0.251 e. The summed E-state index contributed by atoms with van der Waals surface area (Å²) in [5, 5.41) is 2.95. The third kappa shape index (κ3) is 2.93. The van der Waals surface area contributed by atoms with Gasteiger partial charge in [0.25, 0.3) is 5.91 Å². The fourth-order valence-corrected chi connectivity index (χ4v) is 2.85. The molecular weight excluding hydrogens is 257 g/mol. The van der Waals surface area contributed by atoms with Crippen LogP contribution in [0.1, 0.15) is 36.0 Å². The molecule has 0 radical (unpaired) electrons. The summed E-state index contributed by atoms with van der Waals surface area (Å²) in [6.45, 7) is 0.607. The van der Waals surface area contributed by atoms with Crippen LogP contribution < -0.4 is 11.1 Å². The van der Waals surface area contributed by atoms with Crippen molar-refractivity contribution in [3.05, 3.63) is 29.6 Å². The molecule has 4 nitrogen and oxygen atoms in total. The lowest BCUT2D eigenvalue weighted by atomic mass is 9.96. The molecule has 0 saturated heterocycles. The largest absolute Gasteiger partial charge is 0.396 e. The van der Waals surface area contributed by atoms with Crippen molar-refractivity contribution < 1.29 is 9.18 Å². The van der Waals surface area contributed by atoms with Crippen molar-refractivity contribution in [1.29, 1.82) is 0 Å². The van der Waals surface area contributed by atoms with Crippen molar-refractivity contribution in [3.8, 4) is 0 Å². The molecule has 0 bridgehead atoms. The Hall–Kier alpha value is -1.62. The number of hydrogen-bond donors (Lipinski definition) is 2. The Morgan fingerprint density at radius 3 is 2.60 bits per heavy atom. The van der Waals surface area contributed by atoms with E-state index >= 15 is 0 Å². The van der Waals surface area contributed by atoms with E-state index in [9.17, 15) is 9.18 Å². The summed E-state index contributed by atoms with van der Waals surface area (Å²) in [7, 11) is 4.10. The molecule has 1 saturated carbocycles. The highest BCUT2D eigenvalue weighted by Gasteiger charge is 2.36. The third-order valence-corrected chi connectivity index (χ3v) is 4.32. The van der Waals surface area contributed by atoms with Crippen LogP contribution in [0.15, 0.2) is 18.2 Å². The number of nitrogens with one attached hydrogen (secondary N) is 1. The van der Waals surface area contributed by atoms with Crippen LogP contribution in [0.3, 0.4) is 0 Å². The summed E-state index contributed by atoms with van der Waals surface area (Å²) >= 11 is 0. The minimum atomic E-state index is -0.498. The van der Waals surface area contributed by atoms with Crippen LogP contribution >= 0.6 is 0 Å². The fraction of sp³-hybridized carbons (Fsp3) is 0.533. The van der Waals surface area contributed by atoms with E-state index in [1.165, 1.54) is 31.0 Å². The first-order valence-electron chi connectivity index (χ1n) is 6.95. The Morgan fingerprint density at radius 1 is 1.40 bits per heavy atom. The molecule has 110 valence electrons. The Balaban J connectivity index is 2.02. The maximum absolute atomic E-state index is 13.1. The van der Waals surface area contributed by atoms with Gasteiger partial charge >= 0.3 is 0 Å². The number of amides is 1. The zero-order valence-electron chi connectivity index (χ0n) is 12.1. The van der Waals surface area contributed by atoms with E-state index in [1.807, 2.05) is 14.1 Å². The Morgan fingerprint density at radius 2 is 2.05 bits per heavy atom. The molecule has 1 aliphatic carbocycles. The molecule has 0 unspecified atom stereocenters. The second-order valence-electron chi connectivity index (χ2n) is 5.74. The molecule has 1 aliphatic rings. The van der Waals surface area contributed by atoms with Gasteiger partial charge in [-0.05, 0) is 45.1 Å². The number of nitrogens with zero attached hydrogens (tertiary/aromatic N) is 1. The highest BCUT2D eigenvalue weighted by atomic mass is 19.1. The zero-order valence-corrected chi connectivity index (χ0v) is 12.1. The number of nitrogen functional groups attached to an aromatic ring is 1. The molecule has 0 heterocycles. The Bertz CT molecular complexity index is 496. The standard InChI is InChI=1S/C15H22FN3O/c1-19(2)15(7-3-4-8-15)10-18-14(20)11-5-6-12(16)13(17)9-11/h5-6,9H,3-4,7-8,10,17H2,1-2H3,(H,18,20). The van der Waals surface area contributed by atoms with E-state index in [0.29, 0.717) is 12.1 Å². The number of halogens is 1. The Labute approximate surface area is 119 Å². The molecule has 1 aromatic carbocycles. The van der Waals surface area contributed by atoms with E-state index in [-0.39, 0.29) is 17.1 Å². The minimum absolute atomic E-state index is 0.000777. The van der Waals surface area contributed by atoms with Crippen molar-refractivity contribution in [1.82, 2.24) is 10.2 Å².